The van der Waals surface area contributed by atoms with E-state index in [0.29, 0.717) is 12.1 Å². The molecule has 6 heteroatoms. The summed E-state index contributed by atoms with van der Waals surface area (Å²) >= 11 is 1.20. The van der Waals surface area contributed by atoms with Crippen molar-refractivity contribution in [1.29, 1.82) is 0 Å². The van der Waals surface area contributed by atoms with Gasteiger partial charge >= 0.3 is 0 Å². The molecule has 0 aromatic heterocycles. The summed E-state index contributed by atoms with van der Waals surface area (Å²) in [5.74, 6) is -0.241. The predicted molar refractivity (Wildman–Crippen MR) is 97.1 cm³/mol. The van der Waals surface area contributed by atoms with Crippen molar-refractivity contribution >= 4 is 23.4 Å². The van der Waals surface area contributed by atoms with E-state index in [0.717, 1.165) is 27.1 Å². The Morgan fingerprint density at radius 3 is 2.33 bits per heavy atom. The molecule has 1 N–H and O–H groups in total. The molecule has 2 rings (SSSR count). The first-order valence-corrected chi connectivity index (χ1v) is 8.55. The maximum Gasteiger partial charge on any atom is 0.253 e. The summed E-state index contributed by atoms with van der Waals surface area (Å²) in [7, 11) is 0. The van der Waals surface area contributed by atoms with Crippen LogP contribution in [-0.2, 0) is 11.2 Å². The van der Waals surface area contributed by atoms with Crippen LogP contribution >= 0.6 is 11.8 Å². The number of thioether (sulfide) groups is 1. The molecule has 0 atom stereocenters. The van der Waals surface area contributed by atoms with Gasteiger partial charge in [0.2, 0.25) is 5.91 Å². The number of carbonyl (C=O) groups is 1. The van der Waals surface area contributed by atoms with Gasteiger partial charge in [-0.05, 0) is 66.9 Å². The highest BCUT2D eigenvalue weighted by Crippen LogP contribution is 2.29. The quantitative estimate of drug-likeness (QED) is 0.370. The van der Waals surface area contributed by atoms with E-state index in [1.807, 2.05) is 57.2 Å². The second-order valence-corrected chi connectivity index (χ2v) is 6.65. The normalized spacial score (nSPS) is 10.5. The van der Waals surface area contributed by atoms with Gasteiger partial charge in [-0.2, -0.15) is 0 Å². The first-order chi connectivity index (χ1) is 11.4. The van der Waals surface area contributed by atoms with E-state index in [4.69, 9.17) is 0 Å². The van der Waals surface area contributed by atoms with Crippen LogP contribution in [0.4, 0.5) is 5.69 Å². The van der Waals surface area contributed by atoms with E-state index in [1.54, 1.807) is 0 Å². The van der Waals surface area contributed by atoms with Crippen LogP contribution in [0.1, 0.15) is 22.3 Å². The van der Waals surface area contributed by atoms with E-state index in [9.17, 15) is 14.9 Å². The van der Waals surface area contributed by atoms with Crippen molar-refractivity contribution in [3.8, 4) is 0 Å². The Hall–Kier alpha value is -2.34. The third kappa shape index (κ3) is 4.83. The van der Waals surface area contributed by atoms with Gasteiger partial charge in [-0.3, -0.25) is 14.9 Å². The average molecular weight is 344 g/mol. The molecule has 1 amide bonds. The summed E-state index contributed by atoms with van der Waals surface area (Å²) in [6.07, 6.45) is 0.322. The third-order valence-corrected chi connectivity index (χ3v) is 4.94. The van der Waals surface area contributed by atoms with Gasteiger partial charge in [-0.25, -0.2) is 0 Å². The minimum absolute atomic E-state index is 0.0752. The van der Waals surface area contributed by atoms with Crippen LogP contribution in [0.25, 0.3) is 0 Å². The highest BCUT2D eigenvalue weighted by molar-refractivity contribution is 7.99. The molecule has 0 fully saturated rings. The Kier molecular flexibility index (Phi) is 5.98. The fourth-order valence-corrected chi connectivity index (χ4v) is 3.36. The molecule has 0 unspecified atom stereocenters. The summed E-state index contributed by atoms with van der Waals surface area (Å²) in [6.45, 7) is 5.77. The molecule has 0 spiro atoms. The first kappa shape index (κ1) is 18.0. The Bertz CT molecular complexity index is 752. The molecule has 0 saturated heterocycles. The molecular formula is C18H20N2O3S. The first-order valence-electron chi connectivity index (χ1n) is 7.57. The predicted octanol–water partition coefficient (Wildman–Crippen LogP) is 4.12. The number of aryl methyl sites for hydroxylation is 3. The van der Waals surface area contributed by atoms with Crippen molar-refractivity contribution in [2.75, 3.05) is 11.2 Å². The van der Waals surface area contributed by atoms with Crippen molar-refractivity contribution in [3.05, 3.63) is 68.8 Å². The Labute approximate surface area is 145 Å². The van der Waals surface area contributed by atoms with Gasteiger partial charge in [0.25, 0.3) is 5.88 Å². The molecule has 126 valence electrons. The summed E-state index contributed by atoms with van der Waals surface area (Å²) < 4.78 is 0. The number of nitro groups is 1. The topological polar surface area (TPSA) is 72.2 Å². The molecule has 24 heavy (non-hydrogen) atoms. The van der Waals surface area contributed by atoms with Gasteiger partial charge in [0.15, 0.2) is 0 Å². The molecule has 0 aliphatic rings. The van der Waals surface area contributed by atoms with Crippen molar-refractivity contribution in [2.45, 2.75) is 32.1 Å². The van der Waals surface area contributed by atoms with Crippen LogP contribution in [0.3, 0.4) is 0 Å². The van der Waals surface area contributed by atoms with Crippen LogP contribution in [-0.4, -0.2) is 16.7 Å². The van der Waals surface area contributed by atoms with E-state index < -0.39 is 0 Å². The molecule has 0 heterocycles. The van der Waals surface area contributed by atoms with Crippen LogP contribution in [0, 0.1) is 30.9 Å². The number of nitrogens with zero attached hydrogens (tertiary/aromatic N) is 1. The molecule has 0 radical (unpaired) electrons. The molecule has 0 aliphatic heterocycles. The lowest BCUT2D eigenvalue weighted by Gasteiger charge is -2.12. The number of hydrogen-bond acceptors (Lipinski definition) is 4. The highest BCUT2D eigenvalue weighted by Gasteiger charge is 2.11. The van der Waals surface area contributed by atoms with Gasteiger partial charge in [-0.1, -0.05) is 24.3 Å². The van der Waals surface area contributed by atoms with Crippen LogP contribution < -0.4 is 5.32 Å². The largest absolute Gasteiger partial charge is 0.326 e. The summed E-state index contributed by atoms with van der Waals surface area (Å²) in [5.41, 5.74) is 4.66. The van der Waals surface area contributed by atoms with E-state index in [1.165, 1.54) is 11.8 Å². The lowest BCUT2D eigenvalue weighted by Crippen LogP contribution is -2.15. The zero-order valence-electron chi connectivity index (χ0n) is 14.0. The number of anilines is 1. The zero-order chi connectivity index (χ0) is 17.7. The molecule has 2 aromatic rings. The maximum atomic E-state index is 12.3. The zero-order valence-corrected chi connectivity index (χ0v) is 14.8. The molecule has 2 aromatic carbocycles. The number of benzene rings is 2. The van der Waals surface area contributed by atoms with Crippen molar-refractivity contribution in [2.24, 2.45) is 0 Å². The maximum absolute atomic E-state index is 12.3. The number of hydrogen-bond donors (Lipinski definition) is 1. The smallest absolute Gasteiger partial charge is 0.253 e. The van der Waals surface area contributed by atoms with Gasteiger partial charge < -0.3 is 5.32 Å². The number of rotatable bonds is 6. The van der Waals surface area contributed by atoms with Crippen molar-refractivity contribution in [3.63, 3.8) is 0 Å². The molecule has 0 saturated carbocycles. The lowest BCUT2D eigenvalue weighted by atomic mass is 10.1. The third-order valence-electron chi connectivity index (χ3n) is 3.67. The minimum Gasteiger partial charge on any atom is -0.326 e. The van der Waals surface area contributed by atoms with E-state index in [-0.39, 0.29) is 16.7 Å². The Morgan fingerprint density at radius 2 is 1.75 bits per heavy atom. The van der Waals surface area contributed by atoms with E-state index >= 15 is 0 Å². The average Bonchev–Trinajstić information content (AvgIpc) is 2.48. The summed E-state index contributed by atoms with van der Waals surface area (Å²) in [6, 6.07) is 11.5. The molecular weight excluding hydrogens is 324 g/mol. The SMILES string of the molecule is Cc1ccccc1CC(=O)Nc1cc(C)c(SC[N+](=O)[O-])c(C)c1. The lowest BCUT2D eigenvalue weighted by molar-refractivity contribution is -0.456. The monoisotopic (exact) mass is 344 g/mol. The standard InChI is InChI=1S/C18H20N2O3S/c1-12-6-4-5-7-15(12)10-17(21)19-16-8-13(2)18(14(3)9-16)24-11-20(22)23/h4-9H,10-11H2,1-3H3,(H,19,21). The fourth-order valence-electron chi connectivity index (χ4n) is 2.55. The Balaban J connectivity index is 2.08. The minimum atomic E-state index is -0.346. The van der Waals surface area contributed by atoms with Gasteiger partial charge in [0, 0.05) is 15.5 Å². The van der Waals surface area contributed by atoms with Crippen LogP contribution in [0.2, 0.25) is 0 Å². The second-order valence-electron chi connectivity index (χ2n) is 5.70. The van der Waals surface area contributed by atoms with Gasteiger partial charge in [0.05, 0.1) is 6.42 Å². The fraction of sp³-hybridized carbons (Fsp3) is 0.278. The highest BCUT2D eigenvalue weighted by atomic mass is 32.2. The van der Waals surface area contributed by atoms with Crippen LogP contribution in [0.5, 0.6) is 0 Å². The molecule has 0 bridgehead atoms. The van der Waals surface area contributed by atoms with Gasteiger partial charge in [0.1, 0.15) is 0 Å². The van der Waals surface area contributed by atoms with Crippen LogP contribution in [0.15, 0.2) is 41.3 Å². The number of nitrogens with one attached hydrogen (secondary N) is 1. The summed E-state index contributed by atoms with van der Waals surface area (Å²) in [4.78, 5) is 23.3. The van der Waals surface area contributed by atoms with Gasteiger partial charge in [-0.15, -0.1) is 0 Å². The molecule has 5 nitrogen and oxygen atoms in total. The molecule has 0 aliphatic carbocycles. The number of carbonyl (C=O) groups excluding carboxylic acids is 1. The summed E-state index contributed by atoms with van der Waals surface area (Å²) in [5, 5.41) is 13.4. The number of amides is 1. The van der Waals surface area contributed by atoms with Crippen molar-refractivity contribution in [1.82, 2.24) is 0 Å². The second kappa shape index (κ2) is 7.97. The van der Waals surface area contributed by atoms with E-state index in [2.05, 4.69) is 5.32 Å². The van der Waals surface area contributed by atoms with Crippen molar-refractivity contribution < 1.29 is 9.72 Å². The Morgan fingerprint density at radius 1 is 1.12 bits per heavy atom.